The van der Waals surface area contributed by atoms with Crippen LogP contribution in [0, 0.1) is 17.0 Å². The molecular formula is C10H12N2O3. The van der Waals surface area contributed by atoms with Crippen LogP contribution >= 0.6 is 0 Å². The molecule has 0 radical (unpaired) electrons. The predicted molar refractivity (Wildman–Crippen MR) is 55.6 cm³/mol. The Bertz CT molecular complexity index is 402. The Labute approximate surface area is 87.3 Å². The van der Waals surface area contributed by atoms with Gasteiger partial charge in [0.2, 0.25) is 5.91 Å². The normalized spacial score (nSPS) is 9.73. The summed E-state index contributed by atoms with van der Waals surface area (Å²) in [4.78, 5) is 21.3. The van der Waals surface area contributed by atoms with Crippen LogP contribution in [0.5, 0.6) is 0 Å². The lowest BCUT2D eigenvalue weighted by molar-refractivity contribution is -0.385. The van der Waals surface area contributed by atoms with Crippen molar-refractivity contribution in [3.05, 3.63) is 39.4 Å². The highest BCUT2D eigenvalue weighted by Crippen LogP contribution is 2.19. The number of nitrogens with one attached hydrogen (secondary N) is 1. The number of likely N-dealkylation sites (N-methyl/N-ethyl adjacent to an activating group) is 1. The molecule has 1 aromatic rings. The van der Waals surface area contributed by atoms with Gasteiger partial charge in [-0.1, -0.05) is 12.1 Å². The Hall–Kier alpha value is -1.91. The number of rotatable bonds is 3. The first-order chi connectivity index (χ1) is 7.04. The number of carbonyl (C=O) groups excluding carboxylic acids is 1. The maximum absolute atomic E-state index is 11.1. The van der Waals surface area contributed by atoms with Gasteiger partial charge in [0.05, 0.1) is 11.3 Å². The van der Waals surface area contributed by atoms with Crippen molar-refractivity contribution in [2.45, 2.75) is 13.3 Å². The van der Waals surface area contributed by atoms with E-state index in [0.717, 1.165) is 0 Å². The molecule has 15 heavy (non-hydrogen) atoms. The second-order valence-electron chi connectivity index (χ2n) is 3.23. The van der Waals surface area contributed by atoms with Crippen LogP contribution in [0.4, 0.5) is 5.69 Å². The first-order valence-corrected chi connectivity index (χ1v) is 4.49. The topological polar surface area (TPSA) is 72.2 Å². The van der Waals surface area contributed by atoms with Crippen molar-refractivity contribution < 1.29 is 9.72 Å². The fourth-order valence-electron chi connectivity index (χ4n) is 1.24. The molecular weight excluding hydrogens is 196 g/mol. The molecule has 0 aromatic heterocycles. The van der Waals surface area contributed by atoms with Crippen LogP contribution in [0.3, 0.4) is 0 Å². The lowest BCUT2D eigenvalue weighted by Gasteiger charge is -2.02. The van der Waals surface area contributed by atoms with Gasteiger partial charge in [0, 0.05) is 18.7 Å². The Balaban J connectivity index is 2.97. The molecule has 0 aliphatic rings. The van der Waals surface area contributed by atoms with Gasteiger partial charge in [-0.05, 0) is 12.5 Å². The number of nitrogens with zero attached hydrogens (tertiary/aromatic N) is 1. The number of nitro benzene ring substituents is 1. The van der Waals surface area contributed by atoms with E-state index in [2.05, 4.69) is 5.32 Å². The summed E-state index contributed by atoms with van der Waals surface area (Å²) in [5.74, 6) is -0.159. The monoisotopic (exact) mass is 208 g/mol. The summed E-state index contributed by atoms with van der Waals surface area (Å²) in [6.07, 6.45) is 0.164. The smallest absolute Gasteiger partial charge is 0.272 e. The number of amides is 1. The van der Waals surface area contributed by atoms with E-state index in [0.29, 0.717) is 11.1 Å². The molecule has 0 aliphatic heterocycles. The van der Waals surface area contributed by atoms with Crippen LogP contribution in [0.15, 0.2) is 18.2 Å². The maximum Gasteiger partial charge on any atom is 0.272 e. The standard InChI is InChI=1S/C10H12N2O3/c1-7-3-4-8(6-10(13)11-2)5-9(7)12(14)15/h3-5H,6H2,1-2H3,(H,11,13). The van der Waals surface area contributed by atoms with Crippen molar-refractivity contribution in [1.29, 1.82) is 0 Å². The molecule has 0 bridgehead atoms. The van der Waals surface area contributed by atoms with Gasteiger partial charge in [-0.15, -0.1) is 0 Å². The van der Waals surface area contributed by atoms with Crippen LogP contribution in [0.2, 0.25) is 0 Å². The van der Waals surface area contributed by atoms with Gasteiger partial charge in [0.15, 0.2) is 0 Å². The minimum absolute atomic E-state index is 0.0522. The summed E-state index contributed by atoms with van der Waals surface area (Å²) in [6.45, 7) is 1.67. The van der Waals surface area contributed by atoms with E-state index in [9.17, 15) is 14.9 Å². The van der Waals surface area contributed by atoms with Crippen molar-refractivity contribution >= 4 is 11.6 Å². The molecule has 0 saturated heterocycles. The summed E-state index contributed by atoms with van der Waals surface area (Å²) in [6, 6.07) is 4.80. The molecule has 0 fully saturated rings. The molecule has 0 saturated carbocycles. The number of hydrogen-bond donors (Lipinski definition) is 1. The van der Waals surface area contributed by atoms with E-state index in [1.807, 2.05) is 0 Å². The second kappa shape index (κ2) is 4.54. The van der Waals surface area contributed by atoms with Gasteiger partial charge >= 0.3 is 0 Å². The fourth-order valence-corrected chi connectivity index (χ4v) is 1.24. The lowest BCUT2D eigenvalue weighted by atomic mass is 10.1. The third kappa shape index (κ3) is 2.77. The molecule has 0 aliphatic carbocycles. The highest BCUT2D eigenvalue weighted by molar-refractivity contribution is 5.78. The highest BCUT2D eigenvalue weighted by Gasteiger charge is 2.11. The Morgan fingerprint density at radius 3 is 2.73 bits per heavy atom. The zero-order chi connectivity index (χ0) is 11.4. The van der Waals surface area contributed by atoms with Crippen LogP contribution in [0.25, 0.3) is 0 Å². The van der Waals surface area contributed by atoms with Crippen molar-refractivity contribution in [1.82, 2.24) is 5.32 Å². The molecule has 80 valence electrons. The molecule has 0 atom stereocenters. The minimum Gasteiger partial charge on any atom is -0.359 e. The zero-order valence-corrected chi connectivity index (χ0v) is 8.61. The van der Waals surface area contributed by atoms with Gasteiger partial charge < -0.3 is 5.32 Å². The molecule has 5 nitrogen and oxygen atoms in total. The third-order valence-corrected chi connectivity index (χ3v) is 2.11. The summed E-state index contributed by atoms with van der Waals surface area (Å²) in [5, 5.41) is 13.1. The lowest BCUT2D eigenvalue weighted by Crippen LogP contribution is -2.19. The first kappa shape index (κ1) is 11.2. The number of carbonyl (C=O) groups is 1. The number of benzene rings is 1. The molecule has 0 unspecified atom stereocenters. The van der Waals surface area contributed by atoms with Crippen LogP contribution in [-0.4, -0.2) is 17.9 Å². The van der Waals surface area contributed by atoms with E-state index in [1.54, 1.807) is 19.1 Å². The van der Waals surface area contributed by atoms with Crippen LogP contribution in [-0.2, 0) is 11.2 Å². The minimum atomic E-state index is -0.442. The predicted octanol–water partition coefficient (Wildman–Crippen LogP) is 1.19. The average molecular weight is 208 g/mol. The SMILES string of the molecule is CNC(=O)Cc1ccc(C)c([N+](=O)[O-])c1. The van der Waals surface area contributed by atoms with Crippen LogP contribution < -0.4 is 5.32 Å². The summed E-state index contributed by atoms with van der Waals surface area (Å²) < 4.78 is 0. The van der Waals surface area contributed by atoms with Crippen molar-refractivity contribution in [2.75, 3.05) is 7.05 Å². The van der Waals surface area contributed by atoms with Gasteiger partial charge in [0.1, 0.15) is 0 Å². The highest BCUT2D eigenvalue weighted by atomic mass is 16.6. The van der Waals surface area contributed by atoms with Crippen molar-refractivity contribution in [2.24, 2.45) is 0 Å². The van der Waals surface area contributed by atoms with Crippen molar-refractivity contribution in [3.8, 4) is 0 Å². The molecule has 1 rings (SSSR count). The van der Waals surface area contributed by atoms with E-state index >= 15 is 0 Å². The molecule has 1 aromatic carbocycles. The van der Waals surface area contributed by atoms with Gasteiger partial charge in [-0.3, -0.25) is 14.9 Å². The Morgan fingerprint density at radius 1 is 1.53 bits per heavy atom. The quantitative estimate of drug-likeness (QED) is 0.599. The van der Waals surface area contributed by atoms with Crippen LogP contribution in [0.1, 0.15) is 11.1 Å². The number of aryl methyl sites for hydroxylation is 1. The van der Waals surface area contributed by atoms with Crippen molar-refractivity contribution in [3.63, 3.8) is 0 Å². The van der Waals surface area contributed by atoms with Gasteiger partial charge in [-0.25, -0.2) is 0 Å². The molecule has 1 amide bonds. The summed E-state index contributed by atoms with van der Waals surface area (Å²) in [7, 11) is 1.53. The largest absolute Gasteiger partial charge is 0.359 e. The maximum atomic E-state index is 11.1. The average Bonchev–Trinajstić information content (AvgIpc) is 2.20. The third-order valence-electron chi connectivity index (χ3n) is 2.11. The summed E-state index contributed by atoms with van der Waals surface area (Å²) >= 11 is 0. The Morgan fingerprint density at radius 2 is 2.20 bits per heavy atom. The van der Waals surface area contributed by atoms with E-state index in [-0.39, 0.29) is 18.0 Å². The van der Waals surface area contributed by atoms with Gasteiger partial charge in [-0.2, -0.15) is 0 Å². The van der Waals surface area contributed by atoms with E-state index in [4.69, 9.17) is 0 Å². The second-order valence-corrected chi connectivity index (χ2v) is 3.23. The molecule has 0 spiro atoms. The van der Waals surface area contributed by atoms with Gasteiger partial charge in [0.25, 0.3) is 5.69 Å². The fraction of sp³-hybridized carbons (Fsp3) is 0.300. The number of nitro groups is 1. The van der Waals surface area contributed by atoms with E-state index in [1.165, 1.54) is 13.1 Å². The molecule has 0 heterocycles. The Kier molecular flexibility index (Phi) is 3.38. The molecule has 1 N–H and O–H groups in total. The molecule has 5 heteroatoms. The first-order valence-electron chi connectivity index (χ1n) is 4.49. The van der Waals surface area contributed by atoms with E-state index < -0.39 is 4.92 Å². The number of hydrogen-bond acceptors (Lipinski definition) is 3. The summed E-state index contributed by atoms with van der Waals surface area (Å²) in [5.41, 5.74) is 1.30. The zero-order valence-electron chi connectivity index (χ0n) is 8.61.